The summed E-state index contributed by atoms with van der Waals surface area (Å²) in [5.74, 6) is 1.76. The van der Waals surface area contributed by atoms with E-state index in [2.05, 4.69) is 20.9 Å². The summed E-state index contributed by atoms with van der Waals surface area (Å²) in [4.78, 5) is 16.9. The summed E-state index contributed by atoms with van der Waals surface area (Å²) >= 11 is 0. The molecule has 31 heavy (non-hydrogen) atoms. The normalized spacial score (nSPS) is 14.2. The minimum atomic E-state index is -1.17. The highest BCUT2D eigenvalue weighted by Gasteiger charge is 2.27. The number of nitrogens with zero attached hydrogens (tertiary/aromatic N) is 1. The van der Waals surface area contributed by atoms with Crippen LogP contribution in [0, 0.1) is 6.92 Å². The van der Waals surface area contributed by atoms with E-state index in [0.29, 0.717) is 30.4 Å². The zero-order valence-electron chi connectivity index (χ0n) is 19.0. The number of aryl methyl sites for hydroxylation is 1. The van der Waals surface area contributed by atoms with E-state index < -0.39 is 5.60 Å². The smallest absolute Gasteiger partial charge is 0.251 e. The molecule has 0 fully saturated rings. The zero-order valence-corrected chi connectivity index (χ0v) is 21.3. The topological polar surface area (TPSA) is 98.9 Å². The van der Waals surface area contributed by atoms with Gasteiger partial charge in [0.25, 0.3) is 5.91 Å². The van der Waals surface area contributed by atoms with Gasteiger partial charge >= 0.3 is 0 Å². The summed E-state index contributed by atoms with van der Waals surface area (Å²) in [5.41, 5.74) is 0.382. The van der Waals surface area contributed by atoms with Crippen molar-refractivity contribution in [3.05, 3.63) is 59.0 Å². The van der Waals surface area contributed by atoms with E-state index in [-0.39, 0.29) is 42.5 Å². The molecule has 0 aliphatic rings. The van der Waals surface area contributed by atoms with Gasteiger partial charge in [0.2, 0.25) is 0 Å². The van der Waals surface area contributed by atoms with Crippen molar-refractivity contribution in [2.24, 2.45) is 4.99 Å². The maximum atomic E-state index is 12.3. The van der Waals surface area contributed by atoms with Crippen molar-refractivity contribution in [3.63, 3.8) is 0 Å². The van der Waals surface area contributed by atoms with E-state index in [4.69, 9.17) is 4.42 Å². The lowest BCUT2D eigenvalue weighted by Gasteiger charge is -2.22. The number of halogens is 1. The molecule has 0 saturated heterocycles. The number of furan rings is 1. The number of rotatable bonds is 9. The lowest BCUT2D eigenvalue weighted by Crippen LogP contribution is -2.44. The maximum Gasteiger partial charge on any atom is 0.251 e. The van der Waals surface area contributed by atoms with E-state index in [1.165, 1.54) is 0 Å². The maximum absolute atomic E-state index is 12.3. The van der Waals surface area contributed by atoms with E-state index in [1.54, 1.807) is 19.1 Å². The van der Waals surface area contributed by atoms with Gasteiger partial charge in [-0.1, -0.05) is 19.1 Å². The van der Waals surface area contributed by atoms with Gasteiger partial charge in [0.05, 0.1) is 13.1 Å². The van der Waals surface area contributed by atoms with Crippen molar-refractivity contribution in [1.29, 1.82) is 0 Å². The molecule has 0 aliphatic heterocycles. The number of aliphatic imine (C=N–C) groups is 1. The number of guanidine groups is 1. The molecule has 0 bridgehead atoms. The Morgan fingerprint density at radius 1 is 1.23 bits per heavy atom. The minimum absolute atomic E-state index is 0. The number of hydrogen-bond acceptors (Lipinski definition) is 4. The van der Waals surface area contributed by atoms with Gasteiger partial charge in [0.15, 0.2) is 5.96 Å². The fraction of sp³-hybridized carbons (Fsp3) is 0.478. The largest absolute Gasteiger partial charge is 0.463 e. The first-order valence-electron chi connectivity index (χ1n) is 10.5. The van der Waals surface area contributed by atoms with Gasteiger partial charge in [0.1, 0.15) is 17.1 Å². The lowest BCUT2D eigenvalue weighted by molar-refractivity contribution is 0.0378. The number of carbonyl (C=O) groups is 1. The van der Waals surface area contributed by atoms with Crippen LogP contribution in [0.15, 0.2) is 45.8 Å². The van der Waals surface area contributed by atoms with Gasteiger partial charge in [-0.2, -0.15) is 0 Å². The average molecular weight is 542 g/mol. The second kappa shape index (κ2) is 12.7. The Morgan fingerprint density at radius 2 is 1.97 bits per heavy atom. The second-order valence-electron chi connectivity index (χ2n) is 7.72. The van der Waals surface area contributed by atoms with Crippen molar-refractivity contribution >= 4 is 35.8 Å². The third-order valence-electron chi connectivity index (χ3n) is 4.81. The Hall–Kier alpha value is -2.07. The summed E-state index contributed by atoms with van der Waals surface area (Å²) < 4.78 is 5.55. The molecule has 1 amide bonds. The fourth-order valence-corrected chi connectivity index (χ4v) is 2.80. The first kappa shape index (κ1) is 27.0. The van der Waals surface area contributed by atoms with Crippen LogP contribution in [-0.2, 0) is 12.1 Å². The number of nitrogens with one attached hydrogen (secondary N) is 3. The molecule has 0 aliphatic carbocycles. The number of aliphatic hydroxyl groups is 1. The standard InChI is InChI=1S/C23H34N4O3.HI/c1-6-16(3)27-21(28)19-10-8-9-18(13-19)14-25-22(24-7-2)26-15-23(5,29)20-12-11-17(4)30-20;/h8-13,16,29H,6-7,14-15H2,1-5H3,(H,27,28)(H2,24,25,26);1H. The van der Waals surface area contributed by atoms with Crippen molar-refractivity contribution in [1.82, 2.24) is 16.0 Å². The van der Waals surface area contributed by atoms with Crippen LogP contribution >= 0.6 is 24.0 Å². The van der Waals surface area contributed by atoms with Crippen LogP contribution in [-0.4, -0.2) is 36.1 Å². The molecule has 8 heteroatoms. The highest BCUT2D eigenvalue weighted by molar-refractivity contribution is 14.0. The first-order chi connectivity index (χ1) is 14.2. The molecule has 2 rings (SSSR count). The van der Waals surface area contributed by atoms with Crippen LogP contribution < -0.4 is 16.0 Å². The van der Waals surface area contributed by atoms with E-state index in [9.17, 15) is 9.90 Å². The van der Waals surface area contributed by atoms with Gasteiger partial charge < -0.3 is 25.5 Å². The Balaban J connectivity index is 0.00000480. The molecule has 1 heterocycles. The molecule has 2 unspecified atom stereocenters. The van der Waals surface area contributed by atoms with E-state index in [0.717, 1.165) is 17.7 Å². The molecule has 7 nitrogen and oxygen atoms in total. The van der Waals surface area contributed by atoms with Gasteiger partial charge in [0, 0.05) is 18.2 Å². The third kappa shape index (κ3) is 8.53. The average Bonchev–Trinajstić information content (AvgIpc) is 3.17. The predicted molar refractivity (Wildman–Crippen MR) is 135 cm³/mol. The molecule has 1 aromatic heterocycles. The van der Waals surface area contributed by atoms with E-state index in [1.807, 2.05) is 52.0 Å². The van der Waals surface area contributed by atoms with Crippen LogP contribution in [0.1, 0.15) is 61.6 Å². The van der Waals surface area contributed by atoms with Crippen molar-refractivity contribution in [2.75, 3.05) is 13.1 Å². The molecular formula is C23H35IN4O3. The zero-order chi connectivity index (χ0) is 22.1. The highest BCUT2D eigenvalue weighted by atomic mass is 127. The fourth-order valence-electron chi connectivity index (χ4n) is 2.80. The molecule has 1 aromatic carbocycles. The molecule has 0 spiro atoms. The van der Waals surface area contributed by atoms with E-state index >= 15 is 0 Å². The molecule has 0 saturated carbocycles. The Labute approximate surface area is 202 Å². The van der Waals surface area contributed by atoms with Gasteiger partial charge in [-0.3, -0.25) is 4.79 Å². The van der Waals surface area contributed by atoms with Gasteiger partial charge in [-0.05, 0) is 63.9 Å². The number of benzene rings is 1. The van der Waals surface area contributed by atoms with Gasteiger partial charge in [-0.25, -0.2) is 4.99 Å². The minimum Gasteiger partial charge on any atom is -0.463 e. The highest BCUT2D eigenvalue weighted by Crippen LogP contribution is 2.21. The quantitative estimate of drug-likeness (QED) is 0.220. The summed E-state index contributed by atoms with van der Waals surface area (Å²) in [6, 6.07) is 11.2. The van der Waals surface area contributed by atoms with Gasteiger partial charge in [-0.15, -0.1) is 24.0 Å². The molecule has 0 radical (unpaired) electrons. The number of carbonyl (C=O) groups excluding carboxylic acids is 1. The van der Waals surface area contributed by atoms with Crippen LogP contribution in [0.5, 0.6) is 0 Å². The Morgan fingerprint density at radius 3 is 2.58 bits per heavy atom. The second-order valence-corrected chi connectivity index (χ2v) is 7.72. The summed E-state index contributed by atoms with van der Waals surface area (Å²) in [6.07, 6.45) is 0.884. The number of hydrogen-bond donors (Lipinski definition) is 4. The summed E-state index contributed by atoms with van der Waals surface area (Å²) in [7, 11) is 0. The Kier molecular flexibility index (Phi) is 11.1. The SMILES string of the molecule is CCNC(=NCc1cccc(C(=O)NC(C)CC)c1)NCC(C)(O)c1ccc(C)o1.I. The van der Waals surface area contributed by atoms with Crippen LogP contribution in [0.25, 0.3) is 0 Å². The number of amides is 1. The van der Waals surface area contributed by atoms with Crippen molar-refractivity contribution in [2.45, 2.75) is 59.2 Å². The molecule has 4 N–H and O–H groups in total. The van der Waals surface area contributed by atoms with Crippen LogP contribution in [0.2, 0.25) is 0 Å². The summed E-state index contributed by atoms with van der Waals surface area (Å²) in [5, 5.41) is 20.0. The molecule has 172 valence electrons. The third-order valence-corrected chi connectivity index (χ3v) is 4.81. The van der Waals surface area contributed by atoms with Crippen molar-refractivity contribution in [3.8, 4) is 0 Å². The Bertz CT molecular complexity index is 864. The van der Waals surface area contributed by atoms with Crippen LogP contribution in [0.4, 0.5) is 0 Å². The van der Waals surface area contributed by atoms with Crippen LogP contribution in [0.3, 0.4) is 0 Å². The molecular weight excluding hydrogens is 507 g/mol. The van der Waals surface area contributed by atoms with Crippen molar-refractivity contribution < 1.29 is 14.3 Å². The molecule has 2 aromatic rings. The molecule has 2 atom stereocenters. The monoisotopic (exact) mass is 542 g/mol. The lowest BCUT2D eigenvalue weighted by atomic mass is 10.0. The predicted octanol–water partition coefficient (Wildman–Crippen LogP) is 3.70. The first-order valence-corrected chi connectivity index (χ1v) is 10.5. The summed E-state index contributed by atoms with van der Waals surface area (Å²) in [6.45, 7) is 10.9.